The van der Waals surface area contributed by atoms with Crippen LogP contribution in [0.2, 0.25) is 0 Å². The van der Waals surface area contributed by atoms with E-state index in [0.29, 0.717) is 0 Å². The van der Waals surface area contributed by atoms with Crippen molar-refractivity contribution in [3.05, 3.63) is 23.3 Å². The fourth-order valence-electron chi connectivity index (χ4n) is 2.55. The van der Waals surface area contributed by atoms with Crippen LogP contribution >= 0.6 is 0 Å². The van der Waals surface area contributed by atoms with Crippen LogP contribution in [-0.4, -0.2) is 13.1 Å². The van der Waals surface area contributed by atoms with Crippen LogP contribution < -0.4 is 0 Å². The molecule has 2 aliphatic rings. The number of carbonyl (C=O) groups excluding carboxylic acids is 1. The standard InChI is InChI=1S/C12H16O2/c1-9-5-7-12(11(13)14-2)6-3-4-10(12)8-9/h4,8H,3,5-7H2,1-2H3. The molecule has 2 aliphatic carbocycles. The summed E-state index contributed by atoms with van der Waals surface area (Å²) in [6, 6.07) is 0. The van der Waals surface area contributed by atoms with Gasteiger partial charge in [-0.2, -0.15) is 0 Å². The van der Waals surface area contributed by atoms with E-state index in [1.807, 2.05) is 0 Å². The number of fused-ring (bicyclic) bond motifs is 1. The van der Waals surface area contributed by atoms with Gasteiger partial charge >= 0.3 is 5.97 Å². The van der Waals surface area contributed by atoms with E-state index >= 15 is 0 Å². The molecule has 0 aromatic heterocycles. The van der Waals surface area contributed by atoms with Crippen LogP contribution in [0.4, 0.5) is 0 Å². The molecule has 14 heavy (non-hydrogen) atoms. The van der Waals surface area contributed by atoms with Crippen LogP contribution in [-0.2, 0) is 9.53 Å². The first-order valence-electron chi connectivity index (χ1n) is 5.15. The van der Waals surface area contributed by atoms with Gasteiger partial charge in [0.05, 0.1) is 12.5 Å². The van der Waals surface area contributed by atoms with Crippen LogP contribution in [0.15, 0.2) is 23.3 Å². The maximum Gasteiger partial charge on any atom is 0.316 e. The van der Waals surface area contributed by atoms with E-state index in [4.69, 9.17) is 4.74 Å². The molecule has 1 unspecified atom stereocenters. The van der Waals surface area contributed by atoms with Gasteiger partial charge in [0.1, 0.15) is 0 Å². The Bertz CT molecular complexity index is 325. The quantitative estimate of drug-likeness (QED) is 0.597. The third-order valence-corrected chi connectivity index (χ3v) is 3.41. The van der Waals surface area contributed by atoms with Crippen molar-refractivity contribution in [1.82, 2.24) is 0 Å². The maximum absolute atomic E-state index is 11.8. The van der Waals surface area contributed by atoms with E-state index < -0.39 is 0 Å². The summed E-state index contributed by atoms with van der Waals surface area (Å²) in [5.41, 5.74) is 2.26. The van der Waals surface area contributed by atoms with Gasteiger partial charge in [0, 0.05) is 0 Å². The van der Waals surface area contributed by atoms with Gasteiger partial charge in [-0.05, 0) is 38.2 Å². The van der Waals surface area contributed by atoms with E-state index in [0.717, 1.165) is 25.7 Å². The number of hydrogen-bond acceptors (Lipinski definition) is 2. The molecule has 0 saturated carbocycles. The summed E-state index contributed by atoms with van der Waals surface area (Å²) in [7, 11) is 1.48. The third kappa shape index (κ3) is 1.21. The monoisotopic (exact) mass is 192 g/mol. The zero-order valence-corrected chi connectivity index (χ0v) is 8.80. The Hall–Kier alpha value is -1.05. The van der Waals surface area contributed by atoms with E-state index in [1.54, 1.807) is 0 Å². The summed E-state index contributed by atoms with van der Waals surface area (Å²) >= 11 is 0. The third-order valence-electron chi connectivity index (χ3n) is 3.41. The molecule has 0 amide bonds. The lowest BCUT2D eigenvalue weighted by atomic mass is 9.72. The number of esters is 1. The Morgan fingerprint density at radius 3 is 3.00 bits per heavy atom. The van der Waals surface area contributed by atoms with Crippen molar-refractivity contribution in [2.24, 2.45) is 5.41 Å². The second-order valence-electron chi connectivity index (χ2n) is 4.26. The summed E-state index contributed by atoms with van der Waals surface area (Å²) in [5, 5.41) is 0. The van der Waals surface area contributed by atoms with E-state index in [2.05, 4.69) is 19.1 Å². The van der Waals surface area contributed by atoms with Crippen molar-refractivity contribution in [2.75, 3.05) is 7.11 Å². The molecule has 0 fully saturated rings. The van der Waals surface area contributed by atoms with Crippen molar-refractivity contribution < 1.29 is 9.53 Å². The van der Waals surface area contributed by atoms with Crippen molar-refractivity contribution >= 4 is 5.97 Å². The van der Waals surface area contributed by atoms with Gasteiger partial charge in [-0.1, -0.05) is 17.7 Å². The highest BCUT2D eigenvalue weighted by Crippen LogP contribution is 2.48. The first kappa shape index (κ1) is 9.50. The highest BCUT2D eigenvalue weighted by molar-refractivity contribution is 5.82. The fourth-order valence-corrected chi connectivity index (χ4v) is 2.55. The van der Waals surface area contributed by atoms with E-state index in [9.17, 15) is 4.79 Å². The lowest BCUT2D eigenvalue weighted by molar-refractivity contribution is -0.150. The fraction of sp³-hybridized carbons (Fsp3) is 0.583. The molecule has 0 spiro atoms. The Balaban J connectivity index is 2.37. The number of rotatable bonds is 1. The highest BCUT2D eigenvalue weighted by Gasteiger charge is 2.45. The molecule has 0 heterocycles. The first-order valence-corrected chi connectivity index (χ1v) is 5.15. The van der Waals surface area contributed by atoms with Crippen molar-refractivity contribution in [3.8, 4) is 0 Å². The van der Waals surface area contributed by atoms with Gasteiger partial charge in [-0.25, -0.2) is 0 Å². The molecule has 0 radical (unpaired) electrons. The molecular weight excluding hydrogens is 176 g/mol. The summed E-state index contributed by atoms with van der Waals surface area (Å²) in [4.78, 5) is 11.8. The second kappa shape index (κ2) is 3.26. The number of allylic oxidation sites excluding steroid dienone is 3. The molecule has 1 atom stereocenters. The minimum absolute atomic E-state index is 0.0509. The van der Waals surface area contributed by atoms with Crippen LogP contribution in [0.5, 0.6) is 0 Å². The molecule has 0 N–H and O–H groups in total. The van der Waals surface area contributed by atoms with Crippen LogP contribution in [0, 0.1) is 5.41 Å². The average molecular weight is 192 g/mol. The Labute approximate surface area is 84.6 Å². The Morgan fingerprint density at radius 1 is 1.50 bits per heavy atom. The summed E-state index contributed by atoms with van der Waals surface area (Å²) in [5.74, 6) is -0.0509. The van der Waals surface area contributed by atoms with Gasteiger partial charge < -0.3 is 4.74 Å². The van der Waals surface area contributed by atoms with Crippen molar-refractivity contribution in [2.45, 2.75) is 32.6 Å². The number of carbonyl (C=O) groups is 1. The van der Waals surface area contributed by atoms with Crippen LogP contribution in [0.3, 0.4) is 0 Å². The minimum Gasteiger partial charge on any atom is -0.468 e. The normalized spacial score (nSPS) is 30.4. The number of ether oxygens (including phenoxy) is 1. The topological polar surface area (TPSA) is 26.3 Å². The average Bonchev–Trinajstić information content (AvgIpc) is 2.60. The summed E-state index contributed by atoms with van der Waals surface area (Å²) in [6.45, 7) is 2.13. The first-order chi connectivity index (χ1) is 6.69. The zero-order chi connectivity index (χ0) is 10.2. The van der Waals surface area contributed by atoms with Gasteiger partial charge in [-0.15, -0.1) is 0 Å². The molecule has 0 bridgehead atoms. The molecule has 0 aliphatic heterocycles. The van der Waals surface area contributed by atoms with Crippen molar-refractivity contribution in [1.29, 1.82) is 0 Å². The molecule has 76 valence electrons. The van der Waals surface area contributed by atoms with Crippen molar-refractivity contribution in [3.63, 3.8) is 0 Å². The molecule has 0 aromatic rings. The van der Waals surface area contributed by atoms with Gasteiger partial charge in [0.25, 0.3) is 0 Å². The molecule has 2 nitrogen and oxygen atoms in total. The highest BCUT2D eigenvalue weighted by atomic mass is 16.5. The predicted molar refractivity (Wildman–Crippen MR) is 54.8 cm³/mol. The smallest absolute Gasteiger partial charge is 0.316 e. The molecule has 2 heteroatoms. The molecule has 0 aromatic carbocycles. The Kier molecular flexibility index (Phi) is 2.22. The lowest BCUT2D eigenvalue weighted by Gasteiger charge is -2.32. The molecular formula is C12H16O2. The van der Waals surface area contributed by atoms with Gasteiger partial charge in [0.15, 0.2) is 0 Å². The largest absolute Gasteiger partial charge is 0.468 e. The summed E-state index contributed by atoms with van der Waals surface area (Å²) in [6.07, 6.45) is 8.22. The van der Waals surface area contributed by atoms with E-state index in [-0.39, 0.29) is 11.4 Å². The Morgan fingerprint density at radius 2 is 2.29 bits per heavy atom. The van der Waals surface area contributed by atoms with Gasteiger partial charge in [0.2, 0.25) is 0 Å². The lowest BCUT2D eigenvalue weighted by Crippen LogP contribution is -2.33. The maximum atomic E-state index is 11.8. The zero-order valence-electron chi connectivity index (χ0n) is 8.80. The number of hydrogen-bond donors (Lipinski definition) is 0. The molecule has 0 saturated heterocycles. The van der Waals surface area contributed by atoms with Crippen LogP contribution in [0.25, 0.3) is 0 Å². The predicted octanol–water partition coefficient (Wildman–Crippen LogP) is 2.61. The van der Waals surface area contributed by atoms with Gasteiger partial charge in [-0.3, -0.25) is 4.79 Å². The number of methoxy groups -OCH3 is 1. The second-order valence-corrected chi connectivity index (χ2v) is 4.26. The van der Waals surface area contributed by atoms with E-state index in [1.165, 1.54) is 18.3 Å². The molecule has 2 rings (SSSR count). The SMILES string of the molecule is COC(=O)C12CCC=C1C=C(C)CC2. The summed E-state index contributed by atoms with van der Waals surface area (Å²) < 4.78 is 4.92. The van der Waals surface area contributed by atoms with Crippen LogP contribution in [0.1, 0.15) is 32.6 Å². The minimum atomic E-state index is -0.297.